The molecule has 2 aromatic rings. The molecule has 1 aliphatic carbocycles. The van der Waals surface area contributed by atoms with E-state index in [1.807, 2.05) is 6.07 Å². The van der Waals surface area contributed by atoms with Gasteiger partial charge in [-0.25, -0.2) is 0 Å². The Bertz CT molecular complexity index is 925. The highest BCUT2D eigenvalue weighted by Gasteiger charge is 2.27. The van der Waals surface area contributed by atoms with Crippen molar-refractivity contribution >= 4 is 29.2 Å². The number of hydrogen-bond donors (Lipinski definition) is 2. The van der Waals surface area contributed by atoms with E-state index >= 15 is 0 Å². The first-order valence-electron chi connectivity index (χ1n) is 9.60. The molecule has 0 saturated heterocycles. The summed E-state index contributed by atoms with van der Waals surface area (Å²) in [6.07, 6.45) is 2.62. The number of nitrogens with one attached hydrogen (secondary N) is 2. The van der Waals surface area contributed by atoms with Gasteiger partial charge in [-0.1, -0.05) is 24.6 Å². The Morgan fingerprint density at radius 3 is 2.07 bits per heavy atom. The summed E-state index contributed by atoms with van der Waals surface area (Å²) in [6, 6.07) is 11.8. The standard InChI is InChI=1S/C22H24N2O6/c1-28-18-12-17(24-21(26)14-7-4-3-5-8-14)19(29-2)11-16(18)23-20(25)13-30-22(27)15-9-6-10-15/h3-5,7-8,11-12,15H,6,9-10,13H2,1-2H3,(H,23,25)(H,24,26). The summed E-state index contributed by atoms with van der Waals surface area (Å²) >= 11 is 0. The maximum Gasteiger partial charge on any atom is 0.309 e. The number of benzene rings is 2. The van der Waals surface area contributed by atoms with Crippen molar-refractivity contribution in [2.45, 2.75) is 19.3 Å². The van der Waals surface area contributed by atoms with Crippen LogP contribution in [0.25, 0.3) is 0 Å². The Balaban J connectivity index is 1.69. The maximum absolute atomic E-state index is 12.5. The lowest BCUT2D eigenvalue weighted by Crippen LogP contribution is -2.28. The van der Waals surface area contributed by atoms with E-state index in [0.29, 0.717) is 28.4 Å². The lowest BCUT2D eigenvalue weighted by Gasteiger charge is -2.23. The predicted molar refractivity (Wildman–Crippen MR) is 111 cm³/mol. The number of methoxy groups -OCH3 is 2. The van der Waals surface area contributed by atoms with Crippen molar-refractivity contribution in [3.63, 3.8) is 0 Å². The minimum Gasteiger partial charge on any atom is -0.494 e. The molecule has 1 fully saturated rings. The van der Waals surface area contributed by atoms with E-state index in [-0.39, 0.29) is 24.4 Å². The van der Waals surface area contributed by atoms with Gasteiger partial charge >= 0.3 is 5.97 Å². The molecule has 0 atom stereocenters. The molecule has 1 saturated carbocycles. The molecule has 8 heteroatoms. The zero-order chi connectivity index (χ0) is 21.5. The average molecular weight is 412 g/mol. The first-order chi connectivity index (χ1) is 14.5. The summed E-state index contributed by atoms with van der Waals surface area (Å²) in [5.74, 6) is -0.598. The molecule has 3 rings (SSSR count). The van der Waals surface area contributed by atoms with E-state index in [9.17, 15) is 14.4 Å². The SMILES string of the molecule is COc1cc(NC(=O)c2ccccc2)c(OC)cc1NC(=O)COC(=O)C1CCC1. The Morgan fingerprint density at radius 2 is 1.53 bits per heavy atom. The van der Waals surface area contributed by atoms with Gasteiger partial charge in [0, 0.05) is 17.7 Å². The van der Waals surface area contributed by atoms with Crippen molar-refractivity contribution in [2.24, 2.45) is 5.92 Å². The quantitative estimate of drug-likeness (QED) is 0.646. The van der Waals surface area contributed by atoms with Gasteiger partial charge in [0.2, 0.25) is 0 Å². The normalized spacial score (nSPS) is 13.0. The molecule has 0 radical (unpaired) electrons. The summed E-state index contributed by atoms with van der Waals surface area (Å²) in [5.41, 5.74) is 1.21. The van der Waals surface area contributed by atoms with Crippen molar-refractivity contribution in [2.75, 3.05) is 31.5 Å². The lowest BCUT2D eigenvalue weighted by molar-refractivity contribution is -0.154. The Morgan fingerprint density at radius 1 is 0.933 bits per heavy atom. The monoisotopic (exact) mass is 412 g/mol. The second-order valence-electron chi connectivity index (χ2n) is 6.86. The molecule has 0 bridgehead atoms. The fraction of sp³-hybridized carbons (Fsp3) is 0.318. The topological polar surface area (TPSA) is 103 Å². The van der Waals surface area contributed by atoms with Crippen LogP contribution in [0.3, 0.4) is 0 Å². The van der Waals surface area contributed by atoms with Gasteiger partial charge in [0.1, 0.15) is 11.5 Å². The third-order valence-electron chi connectivity index (χ3n) is 4.86. The van der Waals surface area contributed by atoms with Gasteiger partial charge < -0.3 is 24.8 Å². The van der Waals surface area contributed by atoms with Crippen LogP contribution in [0, 0.1) is 5.92 Å². The van der Waals surface area contributed by atoms with Crippen molar-refractivity contribution < 1.29 is 28.6 Å². The summed E-state index contributed by atoms with van der Waals surface area (Å²) in [4.78, 5) is 36.4. The number of carbonyl (C=O) groups is 3. The molecular formula is C22H24N2O6. The largest absolute Gasteiger partial charge is 0.494 e. The van der Waals surface area contributed by atoms with E-state index < -0.39 is 5.91 Å². The zero-order valence-electron chi connectivity index (χ0n) is 16.9. The van der Waals surface area contributed by atoms with E-state index in [4.69, 9.17) is 14.2 Å². The van der Waals surface area contributed by atoms with Crippen LogP contribution in [0.5, 0.6) is 11.5 Å². The molecule has 8 nitrogen and oxygen atoms in total. The smallest absolute Gasteiger partial charge is 0.309 e. The van der Waals surface area contributed by atoms with Gasteiger partial charge in [0.05, 0.1) is 31.5 Å². The molecule has 2 aromatic carbocycles. The third kappa shape index (κ3) is 5.08. The van der Waals surface area contributed by atoms with Gasteiger partial charge in [0.25, 0.3) is 11.8 Å². The molecule has 2 N–H and O–H groups in total. The average Bonchev–Trinajstić information content (AvgIpc) is 2.72. The number of amides is 2. The van der Waals surface area contributed by atoms with Gasteiger partial charge in [0.15, 0.2) is 6.61 Å². The second-order valence-corrected chi connectivity index (χ2v) is 6.86. The molecule has 0 aromatic heterocycles. The van der Waals surface area contributed by atoms with Crippen LogP contribution < -0.4 is 20.1 Å². The van der Waals surface area contributed by atoms with E-state index in [1.165, 1.54) is 20.3 Å². The van der Waals surface area contributed by atoms with Crippen LogP contribution >= 0.6 is 0 Å². The minimum absolute atomic E-state index is 0.0973. The second kappa shape index (κ2) is 9.78. The number of hydrogen-bond acceptors (Lipinski definition) is 6. The molecule has 0 spiro atoms. The van der Waals surface area contributed by atoms with Crippen LogP contribution in [0.4, 0.5) is 11.4 Å². The van der Waals surface area contributed by atoms with Gasteiger partial charge in [-0.3, -0.25) is 14.4 Å². The van der Waals surface area contributed by atoms with Crippen LogP contribution in [-0.2, 0) is 14.3 Å². The Hall–Kier alpha value is -3.55. The number of anilines is 2. The predicted octanol–water partition coefficient (Wildman–Crippen LogP) is 3.24. The number of ether oxygens (including phenoxy) is 3. The van der Waals surface area contributed by atoms with Crippen LogP contribution in [0.15, 0.2) is 42.5 Å². The molecule has 0 unspecified atom stereocenters. The molecule has 0 heterocycles. The molecule has 1 aliphatic rings. The Kier molecular flexibility index (Phi) is 6.90. The molecule has 158 valence electrons. The van der Waals surface area contributed by atoms with Crippen LogP contribution in [0.1, 0.15) is 29.6 Å². The summed E-state index contributed by atoms with van der Waals surface area (Å²) in [6.45, 7) is -0.382. The minimum atomic E-state index is -0.496. The first-order valence-corrected chi connectivity index (χ1v) is 9.60. The molecule has 2 amide bonds. The zero-order valence-corrected chi connectivity index (χ0v) is 16.9. The van der Waals surface area contributed by atoms with Gasteiger partial charge in [-0.05, 0) is 25.0 Å². The number of carbonyl (C=O) groups excluding carboxylic acids is 3. The summed E-state index contributed by atoms with van der Waals surface area (Å²) in [5, 5.41) is 5.42. The van der Waals surface area contributed by atoms with Gasteiger partial charge in [-0.15, -0.1) is 0 Å². The van der Waals surface area contributed by atoms with Crippen molar-refractivity contribution in [3.8, 4) is 11.5 Å². The number of rotatable bonds is 8. The van der Waals surface area contributed by atoms with E-state index in [2.05, 4.69) is 10.6 Å². The molecule has 0 aliphatic heterocycles. The van der Waals surface area contributed by atoms with Crippen molar-refractivity contribution in [1.29, 1.82) is 0 Å². The van der Waals surface area contributed by atoms with E-state index in [0.717, 1.165) is 19.3 Å². The molecular weight excluding hydrogens is 388 g/mol. The van der Waals surface area contributed by atoms with E-state index in [1.54, 1.807) is 30.3 Å². The summed E-state index contributed by atoms with van der Waals surface area (Å²) in [7, 11) is 2.89. The fourth-order valence-corrected chi connectivity index (χ4v) is 2.96. The highest BCUT2D eigenvalue weighted by atomic mass is 16.5. The third-order valence-corrected chi connectivity index (χ3v) is 4.86. The lowest BCUT2D eigenvalue weighted by atomic mass is 9.86. The van der Waals surface area contributed by atoms with Crippen molar-refractivity contribution in [3.05, 3.63) is 48.0 Å². The van der Waals surface area contributed by atoms with Crippen LogP contribution in [0.2, 0.25) is 0 Å². The van der Waals surface area contributed by atoms with Gasteiger partial charge in [-0.2, -0.15) is 0 Å². The van der Waals surface area contributed by atoms with Crippen LogP contribution in [-0.4, -0.2) is 38.6 Å². The van der Waals surface area contributed by atoms with Crippen molar-refractivity contribution in [1.82, 2.24) is 0 Å². The maximum atomic E-state index is 12.5. The molecule has 30 heavy (non-hydrogen) atoms. The fourth-order valence-electron chi connectivity index (χ4n) is 2.96. The number of esters is 1. The summed E-state index contributed by atoms with van der Waals surface area (Å²) < 4.78 is 15.7. The highest BCUT2D eigenvalue weighted by Crippen LogP contribution is 2.36. The Labute approximate surface area is 174 Å². The first kappa shape index (κ1) is 21.2. The highest BCUT2D eigenvalue weighted by molar-refractivity contribution is 6.05.